The summed E-state index contributed by atoms with van der Waals surface area (Å²) in [5.74, 6) is -0.782. The van der Waals surface area contributed by atoms with Crippen LogP contribution in [0.25, 0.3) is 0 Å². The highest BCUT2D eigenvalue weighted by molar-refractivity contribution is 6.31. The third-order valence-electron chi connectivity index (χ3n) is 2.35. The van der Waals surface area contributed by atoms with E-state index in [2.05, 4.69) is 4.99 Å². The van der Waals surface area contributed by atoms with Gasteiger partial charge in [-0.15, -0.1) is 0 Å². The molecule has 1 nitrogen and oxygen atoms in total. The normalized spacial score (nSPS) is 15.7. The van der Waals surface area contributed by atoms with Gasteiger partial charge in [0.05, 0.1) is 5.02 Å². The van der Waals surface area contributed by atoms with Gasteiger partial charge in [-0.2, -0.15) is 13.2 Å². The van der Waals surface area contributed by atoms with Crippen molar-refractivity contribution >= 4 is 17.3 Å². The van der Waals surface area contributed by atoms with Crippen LogP contribution in [0.3, 0.4) is 0 Å². The van der Waals surface area contributed by atoms with E-state index in [1.165, 1.54) is 0 Å². The second-order valence-corrected chi connectivity index (χ2v) is 3.77. The van der Waals surface area contributed by atoms with Gasteiger partial charge in [-0.1, -0.05) is 17.7 Å². The zero-order chi connectivity index (χ0) is 11.9. The Morgan fingerprint density at radius 2 is 1.94 bits per heavy atom. The Labute approximate surface area is 93.7 Å². The molecule has 86 valence electrons. The van der Waals surface area contributed by atoms with E-state index in [-0.39, 0.29) is 29.1 Å². The van der Waals surface area contributed by atoms with Crippen LogP contribution in [-0.4, -0.2) is 18.4 Å². The molecule has 1 aromatic rings. The molecule has 1 aliphatic heterocycles. The number of aliphatic imine (C=N–C) groups is 1. The van der Waals surface area contributed by atoms with Crippen molar-refractivity contribution < 1.29 is 17.6 Å². The second-order valence-electron chi connectivity index (χ2n) is 3.37. The van der Waals surface area contributed by atoms with Crippen LogP contribution in [0.1, 0.15) is 11.1 Å². The summed E-state index contributed by atoms with van der Waals surface area (Å²) in [4.78, 5) is 3.39. The minimum atomic E-state index is -4.56. The Morgan fingerprint density at radius 3 is 2.56 bits per heavy atom. The summed E-state index contributed by atoms with van der Waals surface area (Å²) in [6.45, 7) is -0.0703. The van der Waals surface area contributed by atoms with Crippen molar-refractivity contribution in [2.24, 2.45) is 4.99 Å². The highest BCUT2D eigenvalue weighted by Gasteiger charge is 2.39. The second kappa shape index (κ2) is 3.73. The average Bonchev–Trinajstić information content (AvgIpc) is 2.21. The quantitative estimate of drug-likeness (QED) is 0.627. The number of alkyl halides is 3. The summed E-state index contributed by atoms with van der Waals surface area (Å²) in [5.41, 5.74) is -1.24. The number of fused-ring (bicyclic) bond motifs is 1. The average molecular weight is 252 g/mol. The van der Waals surface area contributed by atoms with E-state index in [4.69, 9.17) is 11.6 Å². The Kier molecular flexibility index (Phi) is 2.66. The molecule has 1 aliphatic rings. The number of halogens is 5. The van der Waals surface area contributed by atoms with E-state index in [1.807, 2.05) is 0 Å². The molecule has 0 spiro atoms. The van der Waals surface area contributed by atoms with Gasteiger partial charge in [0, 0.05) is 17.7 Å². The standard InChI is InChI=1S/C10H6ClF4N/c11-7-2-1-6-5(8(7)12)3-4-16-9(6)10(13,14)15/h1-2H,3-4H2. The fourth-order valence-corrected chi connectivity index (χ4v) is 1.84. The van der Waals surface area contributed by atoms with Crippen molar-refractivity contribution in [3.63, 3.8) is 0 Å². The van der Waals surface area contributed by atoms with Crippen molar-refractivity contribution in [2.45, 2.75) is 12.6 Å². The van der Waals surface area contributed by atoms with Crippen LogP contribution >= 0.6 is 11.6 Å². The third kappa shape index (κ3) is 1.80. The van der Waals surface area contributed by atoms with Gasteiger partial charge >= 0.3 is 6.18 Å². The predicted octanol–water partition coefficient (Wildman–Crippen LogP) is 3.39. The Morgan fingerprint density at radius 1 is 1.25 bits per heavy atom. The number of nitrogens with zero attached hydrogens (tertiary/aromatic N) is 1. The molecule has 0 atom stereocenters. The van der Waals surface area contributed by atoms with Crippen molar-refractivity contribution in [3.8, 4) is 0 Å². The van der Waals surface area contributed by atoms with Crippen molar-refractivity contribution in [1.29, 1.82) is 0 Å². The molecule has 0 radical (unpaired) electrons. The molecular weight excluding hydrogens is 246 g/mol. The molecule has 0 saturated heterocycles. The largest absolute Gasteiger partial charge is 0.433 e. The van der Waals surface area contributed by atoms with Crippen molar-refractivity contribution in [3.05, 3.63) is 34.1 Å². The number of hydrogen-bond acceptors (Lipinski definition) is 1. The third-order valence-corrected chi connectivity index (χ3v) is 2.64. The van der Waals surface area contributed by atoms with Crippen LogP contribution in [0.15, 0.2) is 17.1 Å². The van der Waals surface area contributed by atoms with Crippen molar-refractivity contribution in [2.75, 3.05) is 6.54 Å². The molecule has 0 amide bonds. The lowest BCUT2D eigenvalue weighted by molar-refractivity contribution is -0.0584. The molecule has 0 fully saturated rings. The van der Waals surface area contributed by atoms with Crippen LogP contribution in [0.2, 0.25) is 5.02 Å². The molecule has 6 heteroatoms. The summed E-state index contributed by atoms with van der Waals surface area (Å²) >= 11 is 5.51. The maximum Gasteiger partial charge on any atom is 0.433 e. The van der Waals surface area contributed by atoms with Gasteiger partial charge in [-0.05, 0) is 12.5 Å². The number of hydrogen-bond donors (Lipinski definition) is 0. The monoisotopic (exact) mass is 251 g/mol. The predicted molar refractivity (Wildman–Crippen MR) is 52.6 cm³/mol. The zero-order valence-corrected chi connectivity index (χ0v) is 8.66. The topological polar surface area (TPSA) is 12.4 Å². The van der Waals surface area contributed by atoms with Crippen LogP contribution < -0.4 is 0 Å². The van der Waals surface area contributed by atoms with Gasteiger partial charge in [-0.25, -0.2) is 4.39 Å². The molecule has 16 heavy (non-hydrogen) atoms. The summed E-state index contributed by atoms with van der Waals surface area (Å²) < 4.78 is 51.2. The minimum Gasteiger partial charge on any atom is -0.280 e. The van der Waals surface area contributed by atoms with E-state index in [0.29, 0.717) is 0 Å². The van der Waals surface area contributed by atoms with Gasteiger partial charge < -0.3 is 0 Å². The number of benzene rings is 1. The van der Waals surface area contributed by atoms with Gasteiger partial charge in [0.15, 0.2) is 0 Å². The molecule has 0 saturated carbocycles. The van der Waals surface area contributed by atoms with Gasteiger partial charge in [0.2, 0.25) is 0 Å². The summed E-state index contributed by atoms with van der Waals surface area (Å²) in [5, 5.41) is -0.165. The first-order valence-electron chi connectivity index (χ1n) is 4.50. The van der Waals surface area contributed by atoms with Crippen LogP contribution in [0.5, 0.6) is 0 Å². The molecule has 2 rings (SSSR count). The van der Waals surface area contributed by atoms with Gasteiger partial charge in [0.1, 0.15) is 11.5 Å². The lowest BCUT2D eigenvalue weighted by Gasteiger charge is -2.19. The van der Waals surface area contributed by atoms with E-state index in [9.17, 15) is 17.6 Å². The Balaban J connectivity index is 2.60. The Bertz CT molecular complexity index is 465. The SMILES string of the molecule is Fc1c(Cl)ccc2c1CCN=C2C(F)(F)F. The van der Waals surface area contributed by atoms with E-state index in [1.54, 1.807) is 0 Å². The molecule has 0 N–H and O–H groups in total. The van der Waals surface area contributed by atoms with Crippen LogP contribution in [0.4, 0.5) is 17.6 Å². The van der Waals surface area contributed by atoms with E-state index < -0.39 is 17.7 Å². The molecule has 0 aliphatic carbocycles. The fourth-order valence-electron chi connectivity index (χ4n) is 1.67. The highest BCUT2D eigenvalue weighted by atomic mass is 35.5. The summed E-state index contributed by atoms with van der Waals surface area (Å²) in [7, 11) is 0. The number of rotatable bonds is 0. The lowest BCUT2D eigenvalue weighted by Crippen LogP contribution is -2.29. The zero-order valence-electron chi connectivity index (χ0n) is 7.91. The highest BCUT2D eigenvalue weighted by Crippen LogP contribution is 2.31. The first kappa shape index (κ1) is 11.4. The molecule has 0 bridgehead atoms. The van der Waals surface area contributed by atoms with Crippen LogP contribution in [-0.2, 0) is 6.42 Å². The van der Waals surface area contributed by atoms with Crippen LogP contribution in [0, 0.1) is 5.82 Å². The Hall–Kier alpha value is -1.10. The van der Waals surface area contributed by atoms with E-state index in [0.717, 1.165) is 12.1 Å². The van der Waals surface area contributed by atoms with E-state index >= 15 is 0 Å². The van der Waals surface area contributed by atoms with Crippen molar-refractivity contribution in [1.82, 2.24) is 0 Å². The first-order chi connectivity index (χ1) is 7.41. The maximum absolute atomic E-state index is 13.5. The molecule has 0 unspecified atom stereocenters. The maximum atomic E-state index is 13.5. The fraction of sp³-hybridized carbons (Fsp3) is 0.300. The van der Waals surface area contributed by atoms with Gasteiger partial charge in [-0.3, -0.25) is 4.99 Å². The lowest BCUT2D eigenvalue weighted by atomic mass is 9.97. The minimum absolute atomic E-state index is 0.00479. The molecule has 1 aromatic carbocycles. The molecule has 0 aromatic heterocycles. The van der Waals surface area contributed by atoms with Gasteiger partial charge in [0.25, 0.3) is 0 Å². The molecule has 1 heterocycles. The first-order valence-corrected chi connectivity index (χ1v) is 4.88. The summed E-state index contributed by atoms with van der Waals surface area (Å²) in [6.07, 6.45) is -4.42. The molecular formula is C10H6ClF4N. The summed E-state index contributed by atoms with van der Waals surface area (Å²) in [6, 6.07) is 2.27. The smallest absolute Gasteiger partial charge is 0.280 e.